The van der Waals surface area contributed by atoms with Gasteiger partial charge in [-0.3, -0.25) is 4.79 Å². The number of esters is 1. The van der Waals surface area contributed by atoms with Crippen molar-refractivity contribution in [3.05, 3.63) is 93.6 Å². The van der Waals surface area contributed by atoms with Crippen LogP contribution in [0, 0.1) is 13.8 Å². The van der Waals surface area contributed by atoms with Gasteiger partial charge in [-0.05, 0) is 38.1 Å². The molecule has 168 valence electrons. The molecular weight excluding hydrogens is 458 g/mol. The highest BCUT2D eigenvalue weighted by Gasteiger charge is 2.26. The Labute approximate surface area is 199 Å². The number of thiazole rings is 1. The number of carbonyl (C=O) groups excluding carboxylic acids is 2. The Morgan fingerprint density at radius 2 is 1.88 bits per heavy atom. The predicted molar refractivity (Wildman–Crippen MR) is 127 cm³/mol. The summed E-state index contributed by atoms with van der Waals surface area (Å²) in [4.78, 5) is 31.2. The summed E-state index contributed by atoms with van der Waals surface area (Å²) in [6.07, 6.45) is -1.14. The molecule has 2 aromatic carbocycles. The number of carbonyl (C=O) groups is 2. The minimum Gasteiger partial charge on any atom is -0.444 e. The van der Waals surface area contributed by atoms with E-state index in [0.29, 0.717) is 16.9 Å². The number of thioether (sulfide) groups is 1. The molecule has 4 aromatic rings. The Morgan fingerprint density at radius 1 is 1.12 bits per heavy atom. The van der Waals surface area contributed by atoms with Crippen LogP contribution in [0.3, 0.4) is 0 Å². The van der Waals surface area contributed by atoms with E-state index in [4.69, 9.17) is 9.26 Å². The van der Waals surface area contributed by atoms with Crippen molar-refractivity contribution in [2.24, 2.45) is 0 Å². The van der Waals surface area contributed by atoms with Crippen LogP contribution in [0.25, 0.3) is 0 Å². The maximum Gasteiger partial charge on any atom is 0.339 e. The molecule has 7 nitrogen and oxygen atoms in total. The summed E-state index contributed by atoms with van der Waals surface area (Å²) >= 11 is 3.26. The molecule has 0 spiro atoms. The molecule has 0 saturated heterocycles. The van der Waals surface area contributed by atoms with E-state index in [9.17, 15) is 9.59 Å². The minimum absolute atomic E-state index is 0.256. The molecule has 2 aromatic heterocycles. The topological polar surface area (TPSA) is 94.3 Å². The second-order valence-corrected chi connectivity index (χ2v) is 9.29. The van der Waals surface area contributed by atoms with Crippen LogP contribution in [0.5, 0.6) is 0 Å². The molecule has 2 heterocycles. The Balaban J connectivity index is 1.44. The van der Waals surface area contributed by atoms with Gasteiger partial charge in [-0.2, -0.15) is 0 Å². The molecule has 1 atom stereocenters. The molecule has 0 fully saturated rings. The largest absolute Gasteiger partial charge is 0.444 e. The quantitative estimate of drug-likeness (QED) is 0.260. The number of rotatable bonds is 8. The van der Waals surface area contributed by atoms with Gasteiger partial charge < -0.3 is 14.6 Å². The summed E-state index contributed by atoms with van der Waals surface area (Å²) in [5.74, 6) is 0.453. The normalized spacial score (nSPS) is 11.7. The van der Waals surface area contributed by atoms with Crippen molar-refractivity contribution in [1.82, 2.24) is 10.1 Å². The molecule has 0 aliphatic carbocycles. The van der Waals surface area contributed by atoms with E-state index in [1.807, 2.05) is 30.5 Å². The molecular formula is C24H21N3O4S2. The van der Waals surface area contributed by atoms with Crippen molar-refractivity contribution in [2.75, 3.05) is 5.32 Å². The van der Waals surface area contributed by atoms with Gasteiger partial charge in [-0.1, -0.05) is 35.5 Å². The van der Waals surface area contributed by atoms with Gasteiger partial charge in [0.2, 0.25) is 6.10 Å². The van der Waals surface area contributed by atoms with Crippen molar-refractivity contribution >= 4 is 40.8 Å². The molecule has 4 rings (SSSR count). The van der Waals surface area contributed by atoms with Crippen LogP contribution in [0.1, 0.15) is 38.5 Å². The van der Waals surface area contributed by atoms with E-state index >= 15 is 0 Å². The predicted octanol–water partition coefficient (Wildman–Crippen LogP) is 5.58. The number of amides is 1. The maximum atomic E-state index is 12.9. The van der Waals surface area contributed by atoms with E-state index in [1.54, 1.807) is 72.5 Å². The van der Waals surface area contributed by atoms with Crippen molar-refractivity contribution < 1.29 is 18.8 Å². The maximum absolute atomic E-state index is 12.9. The van der Waals surface area contributed by atoms with Crippen LogP contribution in [-0.2, 0) is 15.3 Å². The number of aryl methyl sites for hydroxylation is 2. The van der Waals surface area contributed by atoms with Crippen molar-refractivity contribution in [1.29, 1.82) is 0 Å². The van der Waals surface area contributed by atoms with Crippen LogP contribution >= 0.6 is 23.1 Å². The Morgan fingerprint density at radius 3 is 2.52 bits per heavy atom. The second kappa shape index (κ2) is 10.5. The van der Waals surface area contributed by atoms with Gasteiger partial charge in [0.15, 0.2) is 5.82 Å². The summed E-state index contributed by atoms with van der Waals surface area (Å²) in [5.41, 5.74) is 1.94. The molecule has 0 aliphatic heterocycles. The highest BCUT2D eigenvalue weighted by atomic mass is 32.2. The first-order valence-corrected chi connectivity index (χ1v) is 12.0. The van der Waals surface area contributed by atoms with Gasteiger partial charge in [-0.25, -0.2) is 9.78 Å². The van der Waals surface area contributed by atoms with E-state index in [0.717, 1.165) is 21.3 Å². The zero-order valence-corrected chi connectivity index (χ0v) is 19.6. The van der Waals surface area contributed by atoms with E-state index in [-0.39, 0.29) is 5.82 Å². The first kappa shape index (κ1) is 22.8. The number of nitrogens with zero attached hydrogens (tertiary/aromatic N) is 2. The second-order valence-electron chi connectivity index (χ2n) is 7.18. The van der Waals surface area contributed by atoms with Gasteiger partial charge in [0, 0.05) is 27.7 Å². The molecule has 33 heavy (non-hydrogen) atoms. The molecule has 0 bridgehead atoms. The number of aromatic nitrogens is 2. The molecule has 1 N–H and O–H groups in total. The highest BCUT2D eigenvalue weighted by Crippen LogP contribution is 2.25. The Hall–Kier alpha value is -3.43. The van der Waals surface area contributed by atoms with Gasteiger partial charge in [0.25, 0.3) is 5.91 Å². The number of anilines is 1. The van der Waals surface area contributed by atoms with Gasteiger partial charge in [-0.15, -0.1) is 23.1 Å². The van der Waals surface area contributed by atoms with Gasteiger partial charge >= 0.3 is 5.97 Å². The number of hydrogen-bond acceptors (Lipinski definition) is 8. The first-order valence-electron chi connectivity index (χ1n) is 10.1. The van der Waals surface area contributed by atoms with Crippen molar-refractivity contribution in [3.8, 4) is 0 Å². The first-order chi connectivity index (χ1) is 16.0. The molecule has 0 aliphatic rings. The molecule has 9 heteroatoms. The third-order valence-electron chi connectivity index (χ3n) is 4.59. The van der Waals surface area contributed by atoms with Gasteiger partial charge in [0.1, 0.15) is 5.76 Å². The SMILES string of the molecule is Cc1cc(NC(=O)C(OC(=O)c2ccc(SCc3csc(C)n3)cc2)c2ccccc2)no1. The fraction of sp³-hybridized carbons (Fsp3) is 0.167. The van der Waals surface area contributed by atoms with Crippen molar-refractivity contribution in [3.63, 3.8) is 0 Å². The Bertz CT molecular complexity index is 1240. The lowest BCUT2D eigenvalue weighted by Gasteiger charge is -2.17. The van der Waals surface area contributed by atoms with Crippen LogP contribution in [0.15, 0.2) is 75.5 Å². The van der Waals surface area contributed by atoms with Gasteiger partial charge in [0.05, 0.1) is 16.3 Å². The lowest BCUT2D eigenvalue weighted by atomic mass is 10.1. The summed E-state index contributed by atoms with van der Waals surface area (Å²) < 4.78 is 10.6. The number of nitrogens with one attached hydrogen (secondary N) is 1. The van der Waals surface area contributed by atoms with Crippen LogP contribution < -0.4 is 5.32 Å². The lowest BCUT2D eigenvalue weighted by Crippen LogP contribution is -2.26. The van der Waals surface area contributed by atoms with E-state index < -0.39 is 18.0 Å². The average Bonchev–Trinajstić information content (AvgIpc) is 3.44. The van der Waals surface area contributed by atoms with Crippen LogP contribution in [0.2, 0.25) is 0 Å². The third-order valence-corrected chi connectivity index (χ3v) is 6.46. The van der Waals surface area contributed by atoms with E-state index in [1.165, 1.54) is 0 Å². The van der Waals surface area contributed by atoms with Crippen LogP contribution in [-0.4, -0.2) is 22.0 Å². The summed E-state index contributed by atoms with van der Waals surface area (Å²) in [6, 6.07) is 17.5. The minimum atomic E-state index is -1.14. The number of benzene rings is 2. The van der Waals surface area contributed by atoms with Crippen LogP contribution in [0.4, 0.5) is 5.82 Å². The molecule has 1 amide bonds. The summed E-state index contributed by atoms with van der Waals surface area (Å²) in [7, 11) is 0. The zero-order valence-electron chi connectivity index (χ0n) is 18.0. The third kappa shape index (κ3) is 6.09. The summed E-state index contributed by atoms with van der Waals surface area (Å²) in [6.45, 7) is 3.70. The average molecular weight is 480 g/mol. The molecule has 1 unspecified atom stereocenters. The lowest BCUT2D eigenvalue weighted by molar-refractivity contribution is -0.125. The fourth-order valence-corrected chi connectivity index (χ4v) is 4.52. The number of ether oxygens (including phenoxy) is 1. The zero-order chi connectivity index (χ0) is 23.2. The number of hydrogen-bond donors (Lipinski definition) is 1. The Kier molecular flexibility index (Phi) is 7.21. The fourth-order valence-electron chi connectivity index (χ4n) is 3.01. The molecule has 0 radical (unpaired) electrons. The smallest absolute Gasteiger partial charge is 0.339 e. The van der Waals surface area contributed by atoms with Crippen molar-refractivity contribution in [2.45, 2.75) is 30.6 Å². The monoisotopic (exact) mass is 479 g/mol. The highest BCUT2D eigenvalue weighted by molar-refractivity contribution is 7.98. The summed E-state index contributed by atoms with van der Waals surface area (Å²) in [5, 5.41) is 9.48. The standard InChI is InChI=1S/C24H21N3O4S2/c1-15-12-21(27-31-15)26-23(28)22(17-6-4-3-5-7-17)30-24(29)18-8-10-20(11-9-18)33-14-19-13-32-16(2)25-19/h3-13,22H,14H2,1-2H3,(H,26,27,28). The van der Waals surface area contributed by atoms with E-state index in [2.05, 4.69) is 15.5 Å². The molecule has 0 saturated carbocycles.